The quantitative estimate of drug-likeness (QED) is 0.573. The summed E-state index contributed by atoms with van der Waals surface area (Å²) in [4.78, 5) is 26.6. The number of carbonyl (C=O) groups excluding carboxylic acids is 2. The monoisotopic (exact) mass is 422 g/mol. The molecule has 1 aliphatic rings. The summed E-state index contributed by atoms with van der Waals surface area (Å²) >= 11 is 0. The van der Waals surface area contributed by atoms with Gasteiger partial charge in [0.1, 0.15) is 11.4 Å². The summed E-state index contributed by atoms with van der Waals surface area (Å²) in [5.74, 6) is -0.835. The molecule has 3 aromatic carbocycles. The fraction of sp³-hybridized carbons (Fsp3) is 0.250. The van der Waals surface area contributed by atoms with Gasteiger partial charge >= 0.3 is 6.03 Å². The van der Waals surface area contributed by atoms with Gasteiger partial charge in [-0.1, -0.05) is 54.6 Å². The van der Waals surface area contributed by atoms with Gasteiger partial charge in [-0.2, -0.15) is 0 Å². The zero-order valence-electron chi connectivity index (χ0n) is 17.0. The number of halogens is 1. The number of nitrogens with zero attached hydrogens (tertiary/aromatic N) is 1. The third kappa shape index (κ3) is 4.15. The number of ether oxygens (including phenoxy) is 1. The largest absolute Gasteiger partial charge is 0.389 e. The summed E-state index contributed by atoms with van der Waals surface area (Å²) in [6.07, 6.45) is -1.10. The minimum Gasteiger partial charge on any atom is -0.389 e. The van der Waals surface area contributed by atoms with Gasteiger partial charge in [0.25, 0.3) is 5.91 Å². The molecule has 7 heteroatoms. The molecular weight excluding hydrogens is 399 g/mol. The fourth-order valence-corrected chi connectivity index (χ4v) is 3.74. The van der Waals surface area contributed by atoms with Gasteiger partial charge in [0, 0.05) is 5.56 Å². The van der Waals surface area contributed by atoms with Gasteiger partial charge < -0.3 is 15.2 Å². The van der Waals surface area contributed by atoms with Crippen LogP contribution in [0.3, 0.4) is 0 Å². The number of hydrogen-bond donors (Lipinski definition) is 2. The average molecular weight is 422 g/mol. The predicted molar refractivity (Wildman–Crippen MR) is 114 cm³/mol. The smallest absolute Gasteiger partial charge is 0.325 e. The van der Waals surface area contributed by atoms with Crippen molar-refractivity contribution in [3.8, 4) is 0 Å². The van der Waals surface area contributed by atoms with Crippen molar-refractivity contribution in [1.29, 1.82) is 0 Å². The molecular formula is C24H23FN2O4. The third-order valence-corrected chi connectivity index (χ3v) is 5.52. The third-order valence-electron chi connectivity index (χ3n) is 5.52. The van der Waals surface area contributed by atoms with Gasteiger partial charge in [0.15, 0.2) is 0 Å². The number of benzene rings is 3. The van der Waals surface area contributed by atoms with E-state index in [1.54, 1.807) is 25.1 Å². The molecule has 1 fully saturated rings. The first kappa shape index (κ1) is 21.0. The molecule has 6 nitrogen and oxygen atoms in total. The second-order valence-corrected chi connectivity index (χ2v) is 7.79. The number of nitrogens with one attached hydrogen (secondary N) is 1. The number of β-amino-alcohol motifs (C(OH)–C–C–N with tert-alkyl or cyclic N) is 1. The number of urea groups is 1. The number of aliphatic hydroxyl groups excluding tert-OH is 1. The highest BCUT2D eigenvalue weighted by atomic mass is 19.1. The molecule has 3 aromatic rings. The number of amides is 3. The van der Waals surface area contributed by atoms with Gasteiger partial charge in [-0.05, 0) is 35.4 Å². The van der Waals surface area contributed by atoms with Crippen molar-refractivity contribution in [2.45, 2.75) is 25.2 Å². The second kappa shape index (κ2) is 8.45. The van der Waals surface area contributed by atoms with E-state index in [9.17, 15) is 19.1 Å². The molecule has 2 atom stereocenters. The minimum absolute atomic E-state index is 0.0152. The lowest BCUT2D eigenvalue weighted by atomic mass is 9.90. The lowest BCUT2D eigenvalue weighted by Crippen LogP contribution is -2.42. The molecule has 0 aromatic heterocycles. The number of imide groups is 1. The van der Waals surface area contributed by atoms with E-state index in [1.165, 1.54) is 6.07 Å². The van der Waals surface area contributed by atoms with Gasteiger partial charge in [-0.25, -0.2) is 9.18 Å². The summed E-state index contributed by atoms with van der Waals surface area (Å²) < 4.78 is 19.0. The molecule has 0 saturated carbocycles. The maximum Gasteiger partial charge on any atom is 0.325 e. The molecule has 0 bridgehead atoms. The van der Waals surface area contributed by atoms with Crippen LogP contribution >= 0.6 is 0 Å². The zero-order valence-corrected chi connectivity index (χ0v) is 17.0. The second-order valence-electron chi connectivity index (χ2n) is 7.79. The van der Waals surface area contributed by atoms with Crippen molar-refractivity contribution >= 4 is 22.7 Å². The van der Waals surface area contributed by atoms with Gasteiger partial charge in [0.05, 0.1) is 25.9 Å². The highest BCUT2D eigenvalue weighted by Gasteiger charge is 2.49. The van der Waals surface area contributed by atoms with Crippen LogP contribution < -0.4 is 5.32 Å². The Balaban J connectivity index is 1.41. The topological polar surface area (TPSA) is 78.9 Å². The maximum atomic E-state index is 13.6. The molecule has 0 aliphatic carbocycles. The molecule has 3 amide bonds. The lowest BCUT2D eigenvalue weighted by molar-refractivity contribution is -0.132. The number of rotatable bonds is 7. The number of carbonyl (C=O) groups is 2. The summed E-state index contributed by atoms with van der Waals surface area (Å²) in [6, 6.07) is 19.0. The summed E-state index contributed by atoms with van der Waals surface area (Å²) in [5.41, 5.74) is -0.194. The number of hydrogen-bond acceptors (Lipinski definition) is 4. The molecule has 1 saturated heterocycles. The van der Waals surface area contributed by atoms with E-state index in [1.807, 2.05) is 42.5 Å². The van der Waals surface area contributed by atoms with Crippen LogP contribution in [0.5, 0.6) is 0 Å². The van der Waals surface area contributed by atoms with Crippen molar-refractivity contribution in [3.63, 3.8) is 0 Å². The normalized spacial score (nSPS) is 19.6. The molecule has 1 heterocycles. The van der Waals surface area contributed by atoms with E-state index in [0.717, 1.165) is 15.7 Å². The Morgan fingerprint density at radius 3 is 2.55 bits per heavy atom. The van der Waals surface area contributed by atoms with Crippen LogP contribution in [-0.4, -0.2) is 41.2 Å². The van der Waals surface area contributed by atoms with E-state index in [0.29, 0.717) is 11.1 Å². The van der Waals surface area contributed by atoms with Crippen molar-refractivity contribution < 1.29 is 23.8 Å². The van der Waals surface area contributed by atoms with E-state index in [2.05, 4.69) is 5.32 Å². The predicted octanol–water partition coefficient (Wildman–Crippen LogP) is 3.32. The molecule has 160 valence electrons. The summed E-state index contributed by atoms with van der Waals surface area (Å²) in [5, 5.41) is 15.0. The molecule has 2 unspecified atom stereocenters. The molecule has 0 radical (unpaired) electrons. The van der Waals surface area contributed by atoms with E-state index >= 15 is 0 Å². The van der Waals surface area contributed by atoms with Crippen molar-refractivity contribution in [2.75, 3.05) is 13.2 Å². The van der Waals surface area contributed by atoms with E-state index < -0.39 is 29.4 Å². The van der Waals surface area contributed by atoms with Crippen LogP contribution in [0.2, 0.25) is 0 Å². The molecule has 31 heavy (non-hydrogen) atoms. The first-order chi connectivity index (χ1) is 14.9. The van der Waals surface area contributed by atoms with Crippen LogP contribution in [0.4, 0.5) is 9.18 Å². The highest BCUT2D eigenvalue weighted by Crippen LogP contribution is 2.31. The molecule has 1 aliphatic heterocycles. The summed E-state index contributed by atoms with van der Waals surface area (Å²) in [6.45, 7) is 1.28. The number of aliphatic hydroxyl groups is 1. The van der Waals surface area contributed by atoms with Crippen molar-refractivity contribution in [1.82, 2.24) is 10.2 Å². The highest BCUT2D eigenvalue weighted by molar-refractivity contribution is 6.07. The maximum absolute atomic E-state index is 13.6. The molecule has 0 spiro atoms. The van der Waals surface area contributed by atoms with Gasteiger partial charge in [-0.3, -0.25) is 9.69 Å². The Labute approximate surface area is 179 Å². The Bertz CT molecular complexity index is 1140. The van der Waals surface area contributed by atoms with Crippen LogP contribution in [-0.2, 0) is 21.7 Å². The van der Waals surface area contributed by atoms with Crippen molar-refractivity contribution in [3.05, 3.63) is 83.7 Å². The molecule has 2 N–H and O–H groups in total. The lowest BCUT2D eigenvalue weighted by Gasteiger charge is -2.23. The van der Waals surface area contributed by atoms with Gasteiger partial charge in [0.2, 0.25) is 0 Å². The average Bonchev–Trinajstić information content (AvgIpc) is 2.98. The van der Waals surface area contributed by atoms with E-state index in [4.69, 9.17) is 4.74 Å². The number of fused-ring (bicyclic) bond motifs is 1. The first-order valence-electron chi connectivity index (χ1n) is 10.0. The Morgan fingerprint density at radius 1 is 1.06 bits per heavy atom. The van der Waals surface area contributed by atoms with Crippen LogP contribution in [0.25, 0.3) is 10.8 Å². The van der Waals surface area contributed by atoms with Crippen LogP contribution in [0, 0.1) is 5.82 Å². The SMILES string of the molecule is CC1(c2ccc3ccccc3c2)NC(=O)N(CC(O)COCc2ccccc2F)C1=O. The van der Waals surface area contributed by atoms with Crippen LogP contribution in [0.1, 0.15) is 18.1 Å². The zero-order chi connectivity index (χ0) is 22.0. The van der Waals surface area contributed by atoms with Crippen molar-refractivity contribution in [2.24, 2.45) is 0 Å². The van der Waals surface area contributed by atoms with E-state index in [-0.39, 0.29) is 19.8 Å². The minimum atomic E-state index is -1.23. The Hall–Kier alpha value is -3.29. The fourth-order valence-electron chi connectivity index (χ4n) is 3.74. The Morgan fingerprint density at radius 2 is 1.77 bits per heavy atom. The Kier molecular flexibility index (Phi) is 5.71. The summed E-state index contributed by atoms with van der Waals surface area (Å²) in [7, 11) is 0. The standard InChI is InChI=1S/C24H23FN2O4/c1-24(19-11-10-16-6-2-3-7-17(16)12-19)22(29)27(23(30)26-24)13-20(28)15-31-14-18-8-4-5-9-21(18)25/h2-12,20,28H,13-15H2,1H3,(H,26,30). The van der Waals surface area contributed by atoms with Crippen LogP contribution in [0.15, 0.2) is 66.7 Å². The van der Waals surface area contributed by atoms with Gasteiger partial charge in [-0.15, -0.1) is 0 Å². The first-order valence-corrected chi connectivity index (χ1v) is 10.0. The molecule has 4 rings (SSSR count).